The van der Waals surface area contributed by atoms with E-state index >= 15 is 0 Å². The van der Waals surface area contributed by atoms with Gasteiger partial charge < -0.3 is 0 Å². The highest BCUT2D eigenvalue weighted by atomic mass is 16.1. The maximum Gasteiger partial charge on any atom is 0.272 e. The van der Waals surface area contributed by atoms with Crippen LogP contribution in [0.5, 0.6) is 0 Å². The van der Waals surface area contributed by atoms with E-state index in [4.69, 9.17) is 0 Å². The molecule has 1 heterocycles. The first-order valence-electron chi connectivity index (χ1n) is 8.57. The molecule has 0 saturated carbocycles. The highest BCUT2D eigenvalue weighted by Crippen LogP contribution is 2.30. The van der Waals surface area contributed by atoms with Crippen LogP contribution in [0.15, 0.2) is 53.3 Å². The van der Waals surface area contributed by atoms with Crippen LogP contribution in [0.1, 0.15) is 30.9 Å². The van der Waals surface area contributed by atoms with E-state index in [1.807, 2.05) is 16.8 Å². The van der Waals surface area contributed by atoms with E-state index in [2.05, 4.69) is 62.3 Å². The number of rotatable bonds is 5. The van der Waals surface area contributed by atoms with Crippen molar-refractivity contribution in [3.05, 3.63) is 70.0 Å². The van der Waals surface area contributed by atoms with Crippen LogP contribution in [0.25, 0.3) is 22.4 Å². The van der Waals surface area contributed by atoms with Gasteiger partial charge in [-0.2, -0.15) is 0 Å². The van der Waals surface area contributed by atoms with Crippen LogP contribution in [0.2, 0.25) is 0 Å². The molecular weight excluding hydrogens is 296 g/mol. The number of unbranched alkanes of at least 4 members (excludes halogenated alkanes) is 1. The standard InChI is InChI=1S/C21H24N2O/c1-4-5-14-23-20(18-12-8-16(3)9-13-18)19(21(24)22-23)17-10-6-15(2)7-11-17/h6-13H,4-5,14H2,1-3H3,(H,22,24). The molecule has 0 aliphatic heterocycles. The molecule has 2 aromatic carbocycles. The predicted molar refractivity (Wildman–Crippen MR) is 100 cm³/mol. The van der Waals surface area contributed by atoms with E-state index in [1.54, 1.807) is 0 Å². The summed E-state index contributed by atoms with van der Waals surface area (Å²) in [5.74, 6) is 0. The van der Waals surface area contributed by atoms with Gasteiger partial charge in [0.25, 0.3) is 5.56 Å². The quantitative estimate of drug-likeness (QED) is 0.711. The van der Waals surface area contributed by atoms with E-state index in [-0.39, 0.29) is 5.56 Å². The molecular formula is C21H24N2O. The minimum absolute atomic E-state index is 0.0227. The van der Waals surface area contributed by atoms with Gasteiger partial charge in [0, 0.05) is 12.1 Å². The van der Waals surface area contributed by atoms with Crippen molar-refractivity contribution in [3.8, 4) is 22.4 Å². The van der Waals surface area contributed by atoms with Crippen molar-refractivity contribution in [2.45, 2.75) is 40.2 Å². The van der Waals surface area contributed by atoms with Crippen molar-refractivity contribution in [2.24, 2.45) is 0 Å². The lowest BCUT2D eigenvalue weighted by Crippen LogP contribution is -2.07. The Morgan fingerprint density at radius 1 is 0.875 bits per heavy atom. The van der Waals surface area contributed by atoms with Gasteiger partial charge in [0.05, 0.1) is 11.3 Å². The lowest BCUT2D eigenvalue weighted by molar-refractivity contribution is 0.573. The molecule has 0 fully saturated rings. The van der Waals surface area contributed by atoms with Gasteiger partial charge in [-0.15, -0.1) is 0 Å². The molecule has 0 unspecified atom stereocenters. The number of nitrogens with one attached hydrogen (secondary N) is 1. The average molecular weight is 320 g/mol. The molecule has 0 bridgehead atoms. The molecule has 124 valence electrons. The fraction of sp³-hybridized carbons (Fsp3) is 0.286. The minimum atomic E-state index is -0.0227. The highest BCUT2D eigenvalue weighted by Gasteiger charge is 2.18. The molecule has 0 saturated heterocycles. The van der Waals surface area contributed by atoms with Crippen molar-refractivity contribution in [1.29, 1.82) is 0 Å². The Morgan fingerprint density at radius 2 is 1.42 bits per heavy atom. The summed E-state index contributed by atoms with van der Waals surface area (Å²) in [6.07, 6.45) is 2.13. The monoisotopic (exact) mass is 320 g/mol. The maximum absolute atomic E-state index is 12.7. The fourth-order valence-corrected chi connectivity index (χ4v) is 2.96. The maximum atomic E-state index is 12.7. The molecule has 3 heteroatoms. The number of benzene rings is 2. The predicted octanol–water partition coefficient (Wildman–Crippen LogP) is 4.93. The van der Waals surface area contributed by atoms with Gasteiger partial charge in [-0.05, 0) is 25.8 Å². The molecule has 0 atom stereocenters. The second-order valence-electron chi connectivity index (χ2n) is 6.40. The lowest BCUT2D eigenvalue weighted by atomic mass is 9.99. The van der Waals surface area contributed by atoms with Gasteiger partial charge in [0.15, 0.2) is 0 Å². The van der Waals surface area contributed by atoms with Gasteiger partial charge in [0.1, 0.15) is 0 Å². The molecule has 0 aliphatic carbocycles. The first kappa shape index (κ1) is 16.3. The molecule has 1 N–H and O–H groups in total. The lowest BCUT2D eigenvalue weighted by Gasteiger charge is -2.11. The van der Waals surface area contributed by atoms with E-state index in [9.17, 15) is 4.79 Å². The van der Waals surface area contributed by atoms with E-state index in [0.717, 1.165) is 41.8 Å². The Balaban J connectivity index is 2.20. The molecule has 1 aromatic heterocycles. The van der Waals surface area contributed by atoms with Crippen LogP contribution in [-0.4, -0.2) is 9.78 Å². The van der Waals surface area contributed by atoms with Crippen molar-refractivity contribution in [2.75, 3.05) is 0 Å². The second-order valence-corrected chi connectivity index (χ2v) is 6.40. The Kier molecular flexibility index (Phi) is 4.70. The number of aromatic amines is 1. The number of aryl methyl sites for hydroxylation is 3. The van der Waals surface area contributed by atoms with E-state index < -0.39 is 0 Å². The normalized spacial score (nSPS) is 11.0. The largest absolute Gasteiger partial charge is 0.284 e. The van der Waals surface area contributed by atoms with Crippen LogP contribution >= 0.6 is 0 Å². The molecule has 0 spiro atoms. The molecule has 0 aliphatic rings. The SMILES string of the molecule is CCCCn1[nH]c(=O)c(-c2ccc(C)cc2)c1-c1ccc(C)cc1. The van der Waals surface area contributed by atoms with Crippen LogP contribution in [0.4, 0.5) is 0 Å². The van der Waals surface area contributed by atoms with E-state index in [1.165, 1.54) is 11.1 Å². The summed E-state index contributed by atoms with van der Waals surface area (Å²) in [6, 6.07) is 16.5. The van der Waals surface area contributed by atoms with Crippen LogP contribution < -0.4 is 5.56 Å². The summed E-state index contributed by atoms with van der Waals surface area (Å²) in [5, 5.41) is 3.04. The molecule has 24 heavy (non-hydrogen) atoms. The number of nitrogens with zero attached hydrogens (tertiary/aromatic N) is 1. The Morgan fingerprint density at radius 3 is 1.96 bits per heavy atom. The van der Waals surface area contributed by atoms with Gasteiger partial charge >= 0.3 is 0 Å². The smallest absolute Gasteiger partial charge is 0.272 e. The first-order valence-corrected chi connectivity index (χ1v) is 8.57. The third-order valence-electron chi connectivity index (χ3n) is 4.37. The second kappa shape index (κ2) is 6.91. The third-order valence-corrected chi connectivity index (χ3v) is 4.37. The summed E-state index contributed by atoms with van der Waals surface area (Å²) < 4.78 is 2.01. The molecule has 0 radical (unpaired) electrons. The number of aromatic nitrogens is 2. The number of H-pyrrole nitrogens is 1. The van der Waals surface area contributed by atoms with Gasteiger partial charge in [-0.25, -0.2) is 0 Å². The number of hydrogen-bond acceptors (Lipinski definition) is 1. The van der Waals surface area contributed by atoms with Gasteiger partial charge in [-0.3, -0.25) is 14.6 Å². The number of hydrogen-bond donors (Lipinski definition) is 1. The topological polar surface area (TPSA) is 37.8 Å². The Bertz CT molecular complexity index is 868. The van der Waals surface area contributed by atoms with Gasteiger partial charge in [0.2, 0.25) is 0 Å². The summed E-state index contributed by atoms with van der Waals surface area (Å²) in [7, 11) is 0. The average Bonchev–Trinajstić information content (AvgIpc) is 2.91. The van der Waals surface area contributed by atoms with Crippen molar-refractivity contribution in [3.63, 3.8) is 0 Å². The molecule has 3 nitrogen and oxygen atoms in total. The molecule has 3 aromatic rings. The summed E-state index contributed by atoms with van der Waals surface area (Å²) in [6.45, 7) is 7.11. The van der Waals surface area contributed by atoms with E-state index in [0.29, 0.717) is 0 Å². The Labute approximate surface area is 143 Å². The van der Waals surface area contributed by atoms with Crippen molar-refractivity contribution in [1.82, 2.24) is 9.78 Å². The van der Waals surface area contributed by atoms with Crippen molar-refractivity contribution >= 4 is 0 Å². The van der Waals surface area contributed by atoms with Crippen LogP contribution in [0, 0.1) is 13.8 Å². The zero-order valence-electron chi connectivity index (χ0n) is 14.6. The van der Waals surface area contributed by atoms with Crippen LogP contribution in [-0.2, 0) is 6.54 Å². The van der Waals surface area contributed by atoms with Crippen LogP contribution in [0.3, 0.4) is 0 Å². The van der Waals surface area contributed by atoms with Crippen molar-refractivity contribution < 1.29 is 0 Å². The minimum Gasteiger partial charge on any atom is -0.284 e. The zero-order chi connectivity index (χ0) is 17.1. The third kappa shape index (κ3) is 3.21. The zero-order valence-corrected chi connectivity index (χ0v) is 14.6. The summed E-state index contributed by atoms with van der Waals surface area (Å²) in [4.78, 5) is 12.7. The molecule has 3 rings (SSSR count). The summed E-state index contributed by atoms with van der Waals surface area (Å²) in [5.41, 5.74) is 6.17. The summed E-state index contributed by atoms with van der Waals surface area (Å²) >= 11 is 0. The highest BCUT2D eigenvalue weighted by molar-refractivity contribution is 5.80. The Hall–Kier alpha value is -2.55. The molecule has 0 amide bonds. The van der Waals surface area contributed by atoms with Gasteiger partial charge in [-0.1, -0.05) is 73.0 Å². The fourth-order valence-electron chi connectivity index (χ4n) is 2.96. The first-order chi connectivity index (χ1) is 11.6.